The highest BCUT2D eigenvalue weighted by atomic mass is 16.3. The zero-order valence-corrected chi connectivity index (χ0v) is 42.3. The van der Waals surface area contributed by atoms with Crippen LogP contribution in [0.15, 0.2) is 97.2 Å². The summed E-state index contributed by atoms with van der Waals surface area (Å²) in [5.41, 5.74) is 0. The molecule has 0 aliphatic carbocycles. The Hall–Kier alpha value is -2.69. The number of unbranched alkanes of at least 4 members (excludes halogenated alkanes) is 26. The number of carbonyl (C=O) groups is 1. The van der Waals surface area contributed by atoms with E-state index in [-0.39, 0.29) is 12.5 Å². The molecule has 368 valence electrons. The molecule has 0 spiro atoms. The van der Waals surface area contributed by atoms with Crippen LogP contribution in [0.1, 0.15) is 258 Å². The van der Waals surface area contributed by atoms with Gasteiger partial charge in [0.1, 0.15) is 0 Å². The second kappa shape index (κ2) is 54.6. The Morgan fingerprint density at radius 1 is 0.391 bits per heavy atom. The Kier molecular flexibility index (Phi) is 52.3. The average molecular weight is 889 g/mol. The van der Waals surface area contributed by atoms with Crippen molar-refractivity contribution in [2.24, 2.45) is 0 Å². The van der Waals surface area contributed by atoms with Crippen LogP contribution in [0.3, 0.4) is 0 Å². The lowest BCUT2D eigenvalue weighted by molar-refractivity contribution is -0.123. The summed E-state index contributed by atoms with van der Waals surface area (Å²) >= 11 is 0. The van der Waals surface area contributed by atoms with Crippen LogP contribution in [0.5, 0.6) is 0 Å². The number of aliphatic hydroxyl groups is 2. The van der Waals surface area contributed by atoms with Crippen LogP contribution in [-0.2, 0) is 4.79 Å². The summed E-state index contributed by atoms with van der Waals surface area (Å²) in [5.74, 6) is -0.0573. The lowest BCUT2D eigenvalue weighted by atomic mass is 10.0. The average Bonchev–Trinajstić information content (AvgIpc) is 3.30. The zero-order valence-electron chi connectivity index (χ0n) is 42.3. The van der Waals surface area contributed by atoms with Gasteiger partial charge in [0.15, 0.2) is 0 Å². The lowest BCUT2D eigenvalue weighted by Gasteiger charge is -2.22. The molecule has 0 fully saturated rings. The van der Waals surface area contributed by atoms with Crippen molar-refractivity contribution in [3.63, 3.8) is 0 Å². The van der Waals surface area contributed by atoms with Crippen LogP contribution < -0.4 is 5.32 Å². The van der Waals surface area contributed by atoms with Crippen LogP contribution in [0.4, 0.5) is 0 Å². The van der Waals surface area contributed by atoms with Gasteiger partial charge in [-0.2, -0.15) is 0 Å². The smallest absolute Gasteiger partial charge is 0.220 e. The highest BCUT2D eigenvalue weighted by Crippen LogP contribution is 2.17. The maximum atomic E-state index is 12.5. The van der Waals surface area contributed by atoms with Crippen molar-refractivity contribution in [3.8, 4) is 0 Å². The maximum Gasteiger partial charge on any atom is 0.220 e. The summed E-state index contributed by atoms with van der Waals surface area (Å²) in [4.78, 5) is 12.5. The number of rotatable bonds is 49. The van der Waals surface area contributed by atoms with E-state index in [9.17, 15) is 15.0 Å². The summed E-state index contributed by atoms with van der Waals surface area (Å²) in [6.07, 6.45) is 80.9. The van der Waals surface area contributed by atoms with Gasteiger partial charge in [0.05, 0.1) is 18.8 Å². The van der Waals surface area contributed by atoms with Crippen molar-refractivity contribution >= 4 is 5.91 Å². The first kappa shape index (κ1) is 61.3. The first-order chi connectivity index (χ1) is 31.7. The maximum absolute atomic E-state index is 12.5. The molecule has 0 aliphatic heterocycles. The van der Waals surface area contributed by atoms with Crippen molar-refractivity contribution < 1.29 is 15.0 Å². The summed E-state index contributed by atoms with van der Waals surface area (Å²) in [5, 5.41) is 23.3. The summed E-state index contributed by atoms with van der Waals surface area (Å²) < 4.78 is 0. The zero-order chi connectivity index (χ0) is 46.3. The number of nitrogens with one attached hydrogen (secondary N) is 1. The highest BCUT2D eigenvalue weighted by molar-refractivity contribution is 5.76. The van der Waals surface area contributed by atoms with Crippen LogP contribution >= 0.6 is 0 Å². The van der Waals surface area contributed by atoms with E-state index in [0.717, 1.165) is 96.3 Å². The first-order valence-corrected chi connectivity index (χ1v) is 27.4. The molecule has 0 aromatic heterocycles. The van der Waals surface area contributed by atoms with Gasteiger partial charge in [0.25, 0.3) is 0 Å². The Balaban J connectivity index is 3.60. The van der Waals surface area contributed by atoms with E-state index < -0.39 is 12.1 Å². The Morgan fingerprint density at radius 2 is 0.688 bits per heavy atom. The third-order valence-corrected chi connectivity index (χ3v) is 12.1. The molecule has 0 heterocycles. The van der Waals surface area contributed by atoms with E-state index in [2.05, 4.69) is 116 Å². The van der Waals surface area contributed by atoms with E-state index in [4.69, 9.17) is 0 Å². The van der Waals surface area contributed by atoms with Gasteiger partial charge in [-0.3, -0.25) is 4.79 Å². The number of hydrogen-bond donors (Lipinski definition) is 3. The molecule has 0 aromatic rings. The van der Waals surface area contributed by atoms with Crippen molar-refractivity contribution in [2.75, 3.05) is 6.61 Å². The van der Waals surface area contributed by atoms with Crippen LogP contribution in [-0.4, -0.2) is 34.9 Å². The molecule has 4 heteroatoms. The van der Waals surface area contributed by atoms with E-state index in [1.54, 1.807) is 0 Å². The SMILES string of the molecule is CC/C=C\C/C=C\C/C=C\C/C=C\C/C=C\C/C=C\C/C=C\C/C=C\CCCCCCC(=O)NC(CO)C(O)CCCCCCCCCCCCCCCCCCCCCCCCC. The molecule has 0 saturated carbocycles. The van der Waals surface area contributed by atoms with Gasteiger partial charge in [-0.15, -0.1) is 0 Å². The molecule has 1 amide bonds. The first-order valence-electron chi connectivity index (χ1n) is 27.4. The van der Waals surface area contributed by atoms with Gasteiger partial charge in [-0.05, 0) is 77.0 Å². The predicted molar refractivity (Wildman–Crippen MR) is 285 cm³/mol. The van der Waals surface area contributed by atoms with E-state index in [0.29, 0.717) is 12.8 Å². The standard InChI is InChI=1S/C60H105NO3/c1-3-5-7-9-11-13-15-17-19-21-23-25-27-28-29-30-31-32-34-36-38-40-42-44-46-48-50-52-54-56-60(64)61-58(57-62)59(63)55-53-51-49-47-45-43-41-39-37-35-33-26-24-22-20-18-16-14-12-10-8-6-4-2/h5,7,11,13,17,19,23,25,28-29,31-32,36,38,42,44,58-59,62-63H,3-4,6,8-10,12,14-16,18,20-22,24,26-27,30,33-35,37,39-41,43,45-57H2,1-2H3,(H,61,64)/b7-5-,13-11-,19-17-,25-23-,29-28-,32-31-,38-36-,44-42-. The van der Waals surface area contributed by atoms with Crippen molar-refractivity contribution in [3.05, 3.63) is 97.2 Å². The minimum atomic E-state index is -0.679. The van der Waals surface area contributed by atoms with Gasteiger partial charge in [0.2, 0.25) is 5.91 Å². The minimum Gasteiger partial charge on any atom is -0.394 e. The lowest BCUT2D eigenvalue weighted by Crippen LogP contribution is -2.45. The fraction of sp³-hybridized carbons (Fsp3) is 0.717. The minimum absolute atomic E-state index is 0.0573. The molecule has 0 bridgehead atoms. The van der Waals surface area contributed by atoms with E-state index >= 15 is 0 Å². The monoisotopic (exact) mass is 888 g/mol. The molecule has 3 N–H and O–H groups in total. The van der Waals surface area contributed by atoms with Crippen LogP contribution in [0, 0.1) is 0 Å². The molecular formula is C60H105NO3. The molecule has 0 aromatic carbocycles. The van der Waals surface area contributed by atoms with E-state index in [1.165, 1.54) is 135 Å². The molecule has 2 unspecified atom stereocenters. The van der Waals surface area contributed by atoms with Crippen molar-refractivity contribution in [2.45, 2.75) is 270 Å². The molecule has 2 atom stereocenters. The molecule has 0 radical (unpaired) electrons. The Labute approximate surface area is 398 Å². The summed E-state index contributed by atoms with van der Waals surface area (Å²) in [6, 6.07) is -0.558. The van der Waals surface area contributed by atoms with Crippen molar-refractivity contribution in [1.82, 2.24) is 5.32 Å². The van der Waals surface area contributed by atoms with Gasteiger partial charge < -0.3 is 15.5 Å². The topological polar surface area (TPSA) is 69.6 Å². The number of amides is 1. The number of hydrogen-bond acceptors (Lipinski definition) is 3. The third-order valence-electron chi connectivity index (χ3n) is 12.1. The van der Waals surface area contributed by atoms with Crippen LogP contribution in [0.2, 0.25) is 0 Å². The largest absolute Gasteiger partial charge is 0.394 e. The molecule has 0 aliphatic rings. The molecule has 64 heavy (non-hydrogen) atoms. The molecule has 4 nitrogen and oxygen atoms in total. The number of aliphatic hydroxyl groups excluding tert-OH is 2. The fourth-order valence-electron chi connectivity index (χ4n) is 7.97. The Morgan fingerprint density at radius 3 is 1.03 bits per heavy atom. The third kappa shape index (κ3) is 50.3. The van der Waals surface area contributed by atoms with Gasteiger partial charge in [-0.25, -0.2) is 0 Å². The predicted octanol–water partition coefficient (Wildman–Crippen LogP) is 18.1. The summed E-state index contributed by atoms with van der Waals surface area (Å²) in [7, 11) is 0. The molecule has 0 rings (SSSR count). The van der Waals surface area contributed by atoms with Crippen molar-refractivity contribution in [1.29, 1.82) is 0 Å². The fourth-order valence-corrected chi connectivity index (χ4v) is 7.97. The Bertz CT molecular complexity index is 1190. The van der Waals surface area contributed by atoms with Gasteiger partial charge in [0, 0.05) is 6.42 Å². The summed E-state index contributed by atoms with van der Waals surface area (Å²) in [6.45, 7) is 4.25. The van der Waals surface area contributed by atoms with Crippen LogP contribution in [0.25, 0.3) is 0 Å². The number of allylic oxidation sites excluding steroid dienone is 16. The number of carbonyl (C=O) groups excluding carboxylic acids is 1. The normalized spacial score (nSPS) is 13.6. The second-order valence-electron chi connectivity index (χ2n) is 18.3. The molecular weight excluding hydrogens is 783 g/mol. The van der Waals surface area contributed by atoms with E-state index in [1.807, 2.05) is 0 Å². The highest BCUT2D eigenvalue weighted by Gasteiger charge is 2.20. The molecule has 0 saturated heterocycles. The van der Waals surface area contributed by atoms with Gasteiger partial charge >= 0.3 is 0 Å². The second-order valence-corrected chi connectivity index (χ2v) is 18.3. The van der Waals surface area contributed by atoms with Gasteiger partial charge in [-0.1, -0.05) is 272 Å². The quantitative estimate of drug-likeness (QED) is 0.0421.